The van der Waals surface area contributed by atoms with Gasteiger partial charge in [-0.2, -0.15) is 0 Å². The summed E-state index contributed by atoms with van der Waals surface area (Å²) in [5.41, 5.74) is 2.96. The van der Waals surface area contributed by atoms with Gasteiger partial charge in [-0.25, -0.2) is 0 Å². The maximum Gasteiger partial charge on any atom is 0.255 e. The lowest BCUT2D eigenvalue weighted by Gasteiger charge is -2.14. The second kappa shape index (κ2) is 9.48. The van der Waals surface area contributed by atoms with Crippen molar-refractivity contribution >= 4 is 23.2 Å². The molecular weight excluding hydrogens is 350 g/mol. The van der Waals surface area contributed by atoms with Crippen LogP contribution in [0.4, 0.5) is 11.4 Å². The average Bonchev–Trinajstić information content (AvgIpc) is 2.73. The summed E-state index contributed by atoms with van der Waals surface area (Å²) in [7, 11) is 0. The van der Waals surface area contributed by atoms with Gasteiger partial charge in [0, 0.05) is 23.0 Å². The van der Waals surface area contributed by atoms with Crippen molar-refractivity contribution in [3.63, 3.8) is 0 Å². The van der Waals surface area contributed by atoms with E-state index in [1.807, 2.05) is 55.5 Å². The molecule has 5 nitrogen and oxygen atoms in total. The van der Waals surface area contributed by atoms with Crippen molar-refractivity contribution < 1.29 is 9.59 Å². The predicted molar refractivity (Wildman–Crippen MR) is 112 cm³/mol. The molecule has 0 heterocycles. The van der Waals surface area contributed by atoms with Crippen molar-refractivity contribution in [2.45, 2.75) is 13.0 Å². The summed E-state index contributed by atoms with van der Waals surface area (Å²) in [6.07, 6.45) is 0. The molecule has 0 aliphatic rings. The molecule has 5 heteroatoms. The first-order chi connectivity index (χ1) is 13.6. The summed E-state index contributed by atoms with van der Waals surface area (Å²) in [6.45, 7) is 2.21. The molecule has 142 valence electrons. The number of carbonyl (C=O) groups excluding carboxylic acids is 2. The Morgan fingerprint density at radius 2 is 1.39 bits per heavy atom. The first-order valence-corrected chi connectivity index (χ1v) is 9.16. The minimum atomic E-state index is -0.192. The summed E-state index contributed by atoms with van der Waals surface area (Å²) in [5.74, 6) is -0.336. The Bertz CT molecular complexity index is 927. The Hall–Kier alpha value is -3.44. The van der Waals surface area contributed by atoms with Crippen LogP contribution in [0, 0.1) is 0 Å². The first kappa shape index (κ1) is 19.3. The SMILES string of the molecule is CC(NCC(=O)Nc1cccc(NC(=O)c2ccccc2)c1)c1ccccc1. The van der Waals surface area contributed by atoms with Gasteiger partial charge in [-0.1, -0.05) is 54.6 Å². The molecule has 28 heavy (non-hydrogen) atoms. The zero-order valence-corrected chi connectivity index (χ0v) is 15.7. The molecule has 2 amide bonds. The number of amides is 2. The van der Waals surface area contributed by atoms with Crippen LogP contribution in [0.1, 0.15) is 28.9 Å². The molecule has 1 unspecified atom stereocenters. The maximum absolute atomic E-state index is 12.3. The normalized spacial score (nSPS) is 11.5. The van der Waals surface area contributed by atoms with Crippen LogP contribution >= 0.6 is 0 Å². The van der Waals surface area contributed by atoms with Gasteiger partial charge < -0.3 is 16.0 Å². The lowest BCUT2D eigenvalue weighted by atomic mass is 10.1. The third-order valence-electron chi connectivity index (χ3n) is 4.31. The van der Waals surface area contributed by atoms with Crippen LogP contribution in [0.25, 0.3) is 0 Å². The summed E-state index contributed by atoms with van der Waals surface area (Å²) in [4.78, 5) is 24.5. The topological polar surface area (TPSA) is 70.2 Å². The van der Waals surface area contributed by atoms with E-state index < -0.39 is 0 Å². The minimum absolute atomic E-state index is 0.0726. The van der Waals surface area contributed by atoms with E-state index in [0.717, 1.165) is 5.56 Å². The Balaban J connectivity index is 1.54. The number of hydrogen-bond donors (Lipinski definition) is 3. The monoisotopic (exact) mass is 373 g/mol. The number of benzene rings is 3. The zero-order valence-electron chi connectivity index (χ0n) is 15.7. The molecule has 0 fully saturated rings. The highest BCUT2D eigenvalue weighted by Crippen LogP contribution is 2.16. The van der Waals surface area contributed by atoms with E-state index in [4.69, 9.17) is 0 Å². The van der Waals surface area contributed by atoms with E-state index in [1.165, 1.54) is 0 Å². The molecule has 0 saturated heterocycles. The van der Waals surface area contributed by atoms with Gasteiger partial charge >= 0.3 is 0 Å². The fraction of sp³-hybridized carbons (Fsp3) is 0.130. The van der Waals surface area contributed by atoms with Crippen LogP contribution in [-0.4, -0.2) is 18.4 Å². The van der Waals surface area contributed by atoms with E-state index >= 15 is 0 Å². The Morgan fingerprint density at radius 1 is 0.786 bits per heavy atom. The summed E-state index contributed by atoms with van der Waals surface area (Å²) < 4.78 is 0. The Labute approximate surface area is 164 Å². The van der Waals surface area contributed by atoms with Gasteiger partial charge in [0.05, 0.1) is 6.54 Å². The number of carbonyl (C=O) groups is 2. The molecule has 0 aromatic heterocycles. The third kappa shape index (κ3) is 5.53. The quantitative estimate of drug-likeness (QED) is 0.580. The zero-order chi connectivity index (χ0) is 19.8. The smallest absolute Gasteiger partial charge is 0.255 e. The van der Waals surface area contributed by atoms with Crippen molar-refractivity contribution in [1.29, 1.82) is 0 Å². The fourth-order valence-electron chi connectivity index (χ4n) is 2.78. The Morgan fingerprint density at radius 3 is 2.07 bits per heavy atom. The van der Waals surface area contributed by atoms with E-state index in [9.17, 15) is 9.59 Å². The maximum atomic E-state index is 12.3. The first-order valence-electron chi connectivity index (χ1n) is 9.16. The van der Waals surface area contributed by atoms with Crippen LogP contribution in [0.5, 0.6) is 0 Å². The van der Waals surface area contributed by atoms with E-state index in [-0.39, 0.29) is 24.4 Å². The summed E-state index contributed by atoms with van der Waals surface area (Å²) >= 11 is 0. The predicted octanol–water partition coefficient (Wildman–Crippen LogP) is 4.23. The highest BCUT2D eigenvalue weighted by Gasteiger charge is 2.09. The second-order valence-electron chi connectivity index (χ2n) is 6.46. The standard InChI is InChI=1S/C23H23N3O2/c1-17(18-9-4-2-5-10-18)24-16-22(27)25-20-13-8-14-21(15-20)26-23(28)19-11-6-3-7-12-19/h2-15,17,24H,16H2,1H3,(H,25,27)(H,26,28). The van der Waals surface area contributed by atoms with Crippen LogP contribution in [-0.2, 0) is 4.79 Å². The van der Waals surface area contributed by atoms with Gasteiger partial charge in [0.25, 0.3) is 5.91 Å². The Kier molecular flexibility index (Phi) is 6.54. The fourth-order valence-corrected chi connectivity index (χ4v) is 2.78. The molecule has 0 radical (unpaired) electrons. The molecule has 0 aliphatic heterocycles. The molecule has 3 rings (SSSR count). The van der Waals surface area contributed by atoms with Crippen LogP contribution in [0.3, 0.4) is 0 Å². The number of rotatable bonds is 7. The van der Waals surface area contributed by atoms with Crippen molar-refractivity contribution in [2.24, 2.45) is 0 Å². The highest BCUT2D eigenvalue weighted by molar-refractivity contribution is 6.04. The molecule has 0 saturated carbocycles. The lowest BCUT2D eigenvalue weighted by Crippen LogP contribution is -2.30. The van der Waals surface area contributed by atoms with E-state index in [2.05, 4.69) is 16.0 Å². The van der Waals surface area contributed by atoms with Crippen molar-refractivity contribution in [2.75, 3.05) is 17.2 Å². The van der Waals surface area contributed by atoms with Gasteiger partial charge in [0.15, 0.2) is 0 Å². The molecule has 3 N–H and O–H groups in total. The summed E-state index contributed by atoms with van der Waals surface area (Å²) in [6, 6.07) is 26.1. The minimum Gasteiger partial charge on any atom is -0.325 e. The molecule has 1 atom stereocenters. The molecule has 0 spiro atoms. The van der Waals surface area contributed by atoms with E-state index in [0.29, 0.717) is 16.9 Å². The largest absolute Gasteiger partial charge is 0.325 e. The summed E-state index contributed by atoms with van der Waals surface area (Å²) in [5, 5.41) is 8.89. The van der Waals surface area contributed by atoms with Gasteiger partial charge in [-0.05, 0) is 42.8 Å². The second-order valence-corrected chi connectivity index (χ2v) is 6.46. The average molecular weight is 373 g/mol. The van der Waals surface area contributed by atoms with Crippen LogP contribution < -0.4 is 16.0 Å². The van der Waals surface area contributed by atoms with Crippen LogP contribution in [0.15, 0.2) is 84.9 Å². The molecule has 3 aromatic rings. The number of hydrogen-bond acceptors (Lipinski definition) is 3. The van der Waals surface area contributed by atoms with Crippen molar-refractivity contribution in [3.05, 3.63) is 96.1 Å². The van der Waals surface area contributed by atoms with Crippen molar-refractivity contribution in [3.8, 4) is 0 Å². The number of anilines is 2. The highest BCUT2D eigenvalue weighted by atomic mass is 16.2. The lowest BCUT2D eigenvalue weighted by molar-refractivity contribution is -0.115. The molecule has 0 aliphatic carbocycles. The van der Waals surface area contributed by atoms with Gasteiger partial charge in [0.2, 0.25) is 5.91 Å². The van der Waals surface area contributed by atoms with E-state index in [1.54, 1.807) is 36.4 Å². The third-order valence-corrected chi connectivity index (χ3v) is 4.31. The van der Waals surface area contributed by atoms with Crippen LogP contribution in [0.2, 0.25) is 0 Å². The van der Waals surface area contributed by atoms with Gasteiger partial charge in [-0.15, -0.1) is 0 Å². The molecule has 0 bridgehead atoms. The number of nitrogens with one attached hydrogen (secondary N) is 3. The van der Waals surface area contributed by atoms with Gasteiger partial charge in [0.1, 0.15) is 0 Å². The van der Waals surface area contributed by atoms with Crippen molar-refractivity contribution in [1.82, 2.24) is 5.32 Å². The molecular formula is C23H23N3O2. The van der Waals surface area contributed by atoms with Gasteiger partial charge in [-0.3, -0.25) is 9.59 Å². The molecule has 3 aromatic carbocycles.